The summed E-state index contributed by atoms with van der Waals surface area (Å²) in [6, 6.07) is 11.8. The maximum atomic E-state index is 14.7. The zero-order valence-corrected chi connectivity index (χ0v) is 24.3. The molecule has 2 aromatic rings. The first-order valence-electron chi connectivity index (χ1n) is 14.0. The largest absolute Gasteiger partial charge is 0.481 e. The van der Waals surface area contributed by atoms with Gasteiger partial charge in [0.05, 0.1) is 37.3 Å². The van der Waals surface area contributed by atoms with Crippen LogP contribution in [0.1, 0.15) is 43.7 Å². The van der Waals surface area contributed by atoms with Crippen LogP contribution in [0.3, 0.4) is 0 Å². The van der Waals surface area contributed by atoms with E-state index in [0.29, 0.717) is 51.4 Å². The molecule has 2 saturated heterocycles. The maximum absolute atomic E-state index is 14.7. The van der Waals surface area contributed by atoms with E-state index in [1.807, 2.05) is 17.0 Å². The maximum Gasteiger partial charge on any atom is 0.336 e. The molecule has 5 N–H and O–H groups in total. The first-order valence-corrected chi connectivity index (χ1v) is 14.0. The lowest BCUT2D eigenvalue weighted by molar-refractivity contribution is -0.170. The number of piperidine rings is 1. The summed E-state index contributed by atoms with van der Waals surface area (Å²) < 4.78 is 33.5. The minimum atomic E-state index is -2.74. The Morgan fingerprint density at radius 2 is 1.48 bits per heavy atom. The third kappa shape index (κ3) is 9.43. The van der Waals surface area contributed by atoms with Gasteiger partial charge in [-0.1, -0.05) is 18.2 Å². The number of rotatable bonds is 10. The smallest absolute Gasteiger partial charge is 0.336 e. The second-order valence-electron chi connectivity index (χ2n) is 10.9. The Kier molecular flexibility index (Phi) is 11.7. The summed E-state index contributed by atoms with van der Waals surface area (Å²) in [5, 5.41) is 36.9. The zero-order chi connectivity index (χ0) is 32.5. The number of likely N-dealkylation sites (tertiary alicyclic amines) is 1. The van der Waals surface area contributed by atoms with Gasteiger partial charge in [-0.15, -0.1) is 0 Å². The molecule has 12 nitrogen and oxygen atoms in total. The van der Waals surface area contributed by atoms with E-state index in [-0.39, 0.29) is 17.5 Å². The van der Waals surface area contributed by atoms with E-state index in [4.69, 9.17) is 25.2 Å². The van der Waals surface area contributed by atoms with Crippen molar-refractivity contribution in [1.82, 2.24) is 10.2 Å². The Balaban J connectivity index is 0.000000345. The summed E-state index contributed by atoms with van der Waals surface area (Å²) >= 11 is 0. The molecule has 2 heterocycles. The number of nitrogens with zero attached hydrogens (tertiary/aromatic N) is 2. The summed E-state index contributed by atoms with van der Waals surface area (Å²) in [6.07, 6.45) is -0.859. The monoisotopic (exact) mass is 621 g/mol. The number of benzene rings is 2. The highest BCUT2D eigenvalue weighted by molar-refractivity contribution is 5.88. The van der Waals surface area contributed by atoms with Crippen LogP contribution in [0, 0.1) is 11.6 Å². The first kappa shape index (κ1) is 34.4. The topological polar surface area (TPSA) is 177 Å². The molecule has 2 aromatic carbocycles. The molecule has 0 radical (unpaired) electrons. The first-order chi connectivity index (χ1) is 20.7. The van der Waals surface area contributed by atoms with Crippen molar-refractivity contribution >= 4 is 29.5 Å². The average molecular weight is 622 g/mol. The van der Waals surface area contributed by atoms with Crippen LogP contribution in [0.4, 0.5) is 14.5 Å². The highest BCUT2D eigenvalue weighted by Crippen LogP contribution is 2.34. The molecule has 2 aliphatic heterocycles. The Bertz CT molecular complexity index is 1310. The van der Waals surface area contributed by atoms with Crippen molar-refractivity contribution < 1.29 is 53.1 Å². The summed E-state index contributed by atoms with van der Waals surface area (Å²) in [4.78, 5) is 46.7. The molecule has 44 heavy (non-hydrogen) atoms. The van der Waals surface area contributed by atoms with Crippen LogP contribution in [0.15, 0.2) is 42.5 Å². The highest BCUT2D eigenvalue weighted by atomic mass is 19.1. The van der Waals surface area contributed by atoms with Crippen molar-refractivity contribution in [1.29, 1.82) is 0 Å². The number of hydrogen-bond donors (Lipinski definition) is 5. The van der Waals surface area contributed by atoms with Crippen LogP contribution in [0.5, 0.6) is 0 Å². The van der Waals surface area contributed by atoms with Gasteiger partial charge in [0.1, 0.15) is 11.6 Å². The van der Waals surface area contributed by atoms with Crippen LogP contribution >= 0.6 is 0 Å². The number of halogens is 2. The average Bonchev–Trinajstić information content (AvgIpc) is 2.94. The van der Waals surface area contributed by atoms with Crippen molar-refractivity contribution in [2.45, 2.75) is 50.3 Å². The number of aliphatic carboxylic acids is 3. The number of nitrogens with one attached hydrogen (secondary N) is 1. The molecule has 240 valence electrons. The van der Waals surface area contributed by atoms with Gasteiger partial charge in [-0.2, -0.15) is 0 Å². The molecule has 0 atom stereocenters. The minimum Gasteiger partial charge on any atom is -0.481 e. The van der Waals surface area contributed by atoms with Crippen molar-refractivity contribution in [2.24, 2.45) is 0 Å². The number of carboxylic acids is 3. The number of hydrogen-bond acceptors (Lipinski definition) is 8. The van der Waals surface area contributed by atoms with Gasteiger partial charge in [-0.25, -0.2) is 13.6 Å². The normalized spacial score (nSPS) is 16.8. The molecule has 4 rings (SSSR count). The lowest BCUT2D eigenvalue weighted by Gasteiger charge is -2.42. The van der Waals surface area contributed by atoms with Crippen molar-refractivity contribution in [3.05, 3.63) is 65.2 Å². The van der Waals surface area contributed by atoms with Gasteiger partial charge < -0.3 is 35.4 Å². The lowest BCUT2D eigenvalue weighted by Crippen LogP contribution is -2.52. The second kappa shape index (κ2) is 15.0. The Hall–Kier alpha value is -4.14. The van der Waals surface area contributed by atoms with Crippen molar-refractivity contribution in [3.63, 3.8) is 0 Å². The van der Waals surface area contributed by atoms with Crippen LogP contribution in [0.25, 0.3) is 0 Å². The van der Waals surface area contributed by atoms with E-state index >= 15 is 0 Å². The van der Waals surface area contributed by atoms with Gasteiger partial charge in [-0.3, -0.25) is 19.3 Å². The number of carbonyl (C=O) groups excluding carboxylic acids is 1. The van der Waals surface area contributed by atoms with E-state index in [9.17, 15) is 28.0 Å². The van der Waals surface area contributed by atoms with Gasteiger partial charge in [0.2, 0.25) is 5.91 Å². The fourth-order valence-electron chi connectivity index (χ4n) is 5.37. The van der Waals surface area contributed by atoms with Crippen molar-refractivity contribution in [3.8, 4) is 0 Å². The lowest BCUT2D eigenvalue weighted by atomic mass is 9.80. The van der Waals surface area contributed by atoms with Crippen LogP contribution in [-0.4, -0.2) is 94.1 Å². The Labute approximate surface area is 252 Å². The van der Waals surface area contributed by atoms with Crippen LogP contribution in [-0.2, 0) is 36.0 Å². The molecule has 0 saturated carbocycles. The van der Waals surface area contributed by atoms with Crippen molar-refractivity contribution in [2.75, 3.05) is 44.3 Å². The molecule has 2 fully saturated rings. The molecule has 0 aromatic heterocycles. The third-order valence-corrected chi connectivity index (χ3v) is 7.58. The predicted molar refractivity (Wildman–Crippen MR) is 153 cm³/mol. The fourth-order valence-corrected chi connectivity index (χ4v) is 5.37. The molecule has 0 bridgehead atoms. The summed E-state index contributed by atoms with van der Waals surface area (Å²) in [5.74, 6) is -5.61. The van der Waals surface area contributed by atoms with E-state index < -0.39 is 41.9 Å². The third-order valence-electron chi connectivity index (χ3n) is 7.58. The number of carboxylic acid groups (broad SMARTS) is 3. The summed E-state index contributed by atoms with van der Waals surface area (Å²) in [5.41, 5.74) is -0.751. The quantitative estimate of drug-likeness (QED) is 0.263. The zero-order valence-electron chi connectivity index (χ0n) is 24.3. The fraction of sp³-hybridized carbons (Fsp3) is 0.467. The number of aliphatic hydroxyl groups is 1. The highest BCUT2D eigenvalue weighted by Gasteiger charge is 2.41. The molecule has 14 heteroatoms. The Morgan fingerprint density at radius 1 is 0.909 bits per heavy atom. The molecule has 2 aliphatic rings. The van der Waals surface area contributed by atoms with Gasteiger partial charge in [-0.05, 0) is 48.2 Å². The number of morpholine rings is 1. The molecule has 0 spiro atoms. The van der Waals surface area contributed by atoms with E-state index in [2.05, 4.69) is 10.2 Å². The standard InChI is InChI=1S/C24H29F2N3O2.C6H8O7/c1-18(30)27-24(20-3-5-21(25)6-4-20)8-10-28(11-9-24)17-19-2-7-23(22(26)16-19)29-12-14-31-15-13-29;7-3(8)1-6(13,5(11)12)2-4(9)10/h2-7,16H,8-15,17H2,1H3,(H,27,30);13H,1-2H2,(H,7,8)(H,9,10)(H,11,12). The van der Waals surface area contributed by atoms with E-state index in [0.717, 1.165) is 24.2 Å². The van der Waals surface area contributed by atoms with Crippen LogP contribution in [0.2, 0.25) is 0 Å². The summed E-state index contributed by atoms with van der Waals surface area (Å²) in [7, 11) is 0. The minimum absolute atomic E-state index is 0.0986. The van der Waals surface area contributed by atoms with E-state index in [1.165, 1.54) is 19.1 Å². The Morgan fingerprint density at radius 3 is 1.95 bits per heavy atom. The van der Waals surface area contributed by atoms with Gasteiger partial charge in [0.15, 0.2) is 5.60 Å². The van der Waals surface area contributed by atoms with Gasteiger partial charge >= 0.3 is 17.9 Å². The number of ether oxygens (including phenoxy) is 1. The van der Waals surface area contributed by atoms with Crippen LogP contribution < -0.4 is 10.2 Å². The molecule has 1 amide bonds. The summed E-state index contributed by atoms with van der Waals surface area (Å²) in [6.45, 7) is 6.33. The number of carbonyl (C=O) groups is 4. The van der Waals surface area contributed by atoms with Gasteiger partial charge in [0, 0.05) is 39.6 Å². The van der Waals surface area contributed by atoms with E-state index in [1.54, 1.807) is 18.2 Å². The number of anilines is 1. The SMILES string of the molecule is CC(=O)NC1(c2ccc(F)cc2)CCN(Cc2ccc(N3CCOCC3)c(F)c2)CC1.O=C(O)CC(O)(CC(=O)O)C(=O)O. The molecular weight excluding hydrogens is 584 g/mol. The number of amides is 1. The van der Waals surface area contributed by atoms with Gasteiger partial charge in [0.25, 0.3) is 0 Å². The molecular formula is C30H37F2N3O9. The molecule has 0 aliphatic carbocycles. The predicted octanol–water partition coefficient (Wildman–Crippen LogP) is 2.18. The second-order valence-corrected chi connectivity index (χ2v) is 10.9. The molecule has 0 unspecified atom stereocenters.